The van der Waals surface area contributed by atoms with E-state index in [0.717, 1.165) is 16.7 Å². The predicted molar refractivity (Wildman–Crippen MR) is 95.3 cm³/mol. The zero-order valence-electron chi connectivity index (χ0n) is 13.5. The summed E-state index contributed by atoms with van der Waals surface area (Å²) in [6.07, 6.45) is 1.73. The van der Waals surface area contributed by atoms with E-state index in [1.807, 2.05) is 30.3 Å². The molecule has 0 unspecified atom stereocenters. The van der Waals surface area contributed by atoms with Gasteiger partial charge in [0.1, 0.15) is 24.4 Å². The predicted octanol–water partition coefficient (Wildman–Crippen LogP) is 2.07. The fourth-order valence-electron chi connectivity index (χ4n) is 2.95. The van der Waals surface area contributed by atoms with Crippen LogP contribution in [-0.4, -0.2) is 40.2 Å². The normalized spacial score (nSPS) is 26.2. The van der Waals surface area contributed by atoms with Crippen molar-refractivity contribution in [2.75, 3.05) is 6.61 Å². The highest BCUT2D eigenvalue weighted by atomic mass is 35.5. The van der Waals surface area contributed by atoms with E-state index in [1.165, 1.54) is 0 Å². The number of hydrogen-bond donors (Lipinski definition) is 3. The molecule has 0 bridgehead atoms. The van der Waals surface area contributed by atoms with Gasteiger partial charge < -0.3 is 20.1 Å². The number of hydrogen-bond acceptors (Lipinski definition) is 4. The third-order valence-corrected chi connectivity index (χ3v) is 4.78. The molecule has 130 valence electrons. The molecule has 0 spiro atoms. The molecular weight excluding hydrogens is 340 g/mol. The highest BCUT2D eigenvalue weighted by Crippen LogP contribution is 2.32. The van der Waals surface area contributed by atoms with Gasteiger partial charge in [-0.3, -0.25) is 0 Å². The van der Waals surface area contributed by atoms with Gasteiger partial charge >= 0.3 is 0 Å². The third kappa shape index (κ3) is 3.87. The summed E-state index contributed by atoms with van der Waals surface area (Å²) < 4.78 is 5.51. The first-order valence-electron chi connectivity index (χ1n) is 7.99. The van der Waals surface area contributed by atoms with Crippen LogP contribution in [0.25, 0.3) is 0 Å². The van der Waals surface area contributed by atoms with E-state index in [9.17, 15) is 15.3 Å². The second-order valence-corrected chi connectivity index (χ2v) is 6.58. The third-order valence-electron chi connectivity index (χ3n) is 4.41. The summed E-state index contributed by atoms with van der Waals surface area (Å²) in [4.78, 5) is 0. The van der Waals surface area contributed by atoms with Gasteiger partial charge in [0.15, 0.2) is 0 Å². The average molecular weight is 359 g/mol. The van der Waals surface area contributed by atoms with Gasteiger partial charge in [0.25, 0.3) is 0 Å². The second kappa shape index (κ2) is 7.57. The van der Waals surface area contributed by atoms with E-state index in [0.29, 0.717) is 17.0 Å². The number of aliphatic hydroxyl groups is 3. The van der Waals surface area contributed by atoms with Gasteiger partial charge in [-0.1, -0.05) is 41.8 Å². The van der Waals surface area contributed by atoms with Crippen molar-refractivity contribution in [3.63, 3.8) is 0 Å². The monoisotopic (exact) mass is 358 g/mol. The van der Waals surface area contributed by atoms with Crippen LogP contribution in [0.15, 0.2) is 42.5 Å². The molecule has 0 aromatic heterocycles. The van der Waals surface area contributed by atoms with E-state index in [1.54, 1.807) is 12.1 Å². The van der Waals surface area contributed by atoms with Gasteiger partial charge in [-0.05, 0) is 41.3 Å². The quantitative estimate of drug-likeness (QED) is 0.735. The lowest BCUT2D eigenvalue weighted by Gasteiger charge is -2.35. The lowest BCUT2D eigenvalue weighted by atomic mass is 9.92. The maximum absolute atomic E-state index is 10.2. The van der Waals surface area contributed by atoms with Crippen molar-refractivity contribution in [2.24, 2.45) is 0 Å². The molecule has 1 fully saturated rings. The lowest BCUT2D eigenvalue weighted by Crippen LogP contribution is -2.49. The van der Waals surface area contributed by atoms with Gasteiger partial charge in [-0.25, -0.2) is 0 Å². The molecule has 1 saturated heterocycles. The van der Waals surface area contributed by atoms with E-state index in [4.69, 9.17) is 22.8 Å². The van der Waals surface area contributed by atoms with Crippen LogP contribution in [0, 0.1) is 12.3 Å². The van der Waals surface area contributed by atoms with Crippen LogP contribution in [0.1, 0.15) is 28.4 Å². The van der Waals surface area contributed by atoms with Crippen LogP contribution >= 0.6 is 11.6 Å². The molecule has 0 aliphatic carbocycles. The molecule has 4 nitrogen and oxygen atoms in total. The number of halogens is 1. The fraction of sp³-hybridized carbons (Fsp3) is 0.300. The number of benzene rings is 2. The number of aliphatic hydroxyl groups excluding tert-OH is 3. The Balaban J connectivity index is 1.84. The van der Waals surface area contributed by atoms with Crippen molar-refractivity contribution >= 4 is 11.6 Å². The maximum atomic E-state index is 10.2. The summed E-state index contributed by atoms with van der Waals surface area (Å²) in [5, 5.41) is 30.2. The van der Waals surface area contributed by atoms with Gasteiger partial charge in [-0.15, -0.1) is 6.42 Å². The van der Waals surface area contributed by atoms with E-state index in [2.05, 4.69) is 5.92 Å². The molecule has 1 heterocycles. The minimum absolute atomic E-state index is 0.0333. The van der Waals surface area contributed by atoms with Crippen LogP contribution < -0.4 is 0 Å². The zero-order valence-corrected chi connectivity index (χ0v) is 14.2. The number of terminal acetylenes is 1. The first-order chi connectivity index (χ1) is 12.0. The minimum Gasteiger partial charge on any atom is -0.388 e. The molecule has 0 saturated carbocycles. The average Bonchev–Trinajstić information content (AvgIpc) is 2.62. The van der Waals surface area contributed by atoms with Crippen molar-refractivity contribution in [3.05, 3.63) is 69.7 Å². The molecular formula is C20H19ClO4. The Kier molecular flexibility index (Phi) is 5.43. The summed E-state index contributed by atoms with van der Waals surface area (Å²) in [5.74, 6) is 2.58. The molecule has 1 aliphatic rings. The van der Waals surface area contributed by atoms with Crippen molar-refractivity contribution in [3.8, 4) is 12.3 Å². The van der Waals surface area contributed by atoms with Gasteiger partial charge in [0.05, 0.1) is 6.61 Å². The molecule has 3 rings (SSSR count). The molecule has 4 atom stereocenters. The molecule has 3 N–H and O–H groups in total. The Hall–Kier alpha value is -1.87. The Bertz CT molecular complexity index is 781. The van der Waals surface area contributed by atoms with Crippen molar-refractivity contribution in [1.29, 1.82) is 0 Å². The van der Waals surface area contributed by atoms with Gasteiger partial charge in [-0.2, -0.15) is 0 Å². The summed E-state index contributed by atoms with van der Waals surface area (Å²) in [6.45, 7) is -0.0333. The molecule has 0 amide bonds. The molecule has 1 aliphatic heterocycles. The first-order valence-corrected chi connectivity index (χ1v) is 8.37. The molecule has 2 aromatic carbocycles. The molecule has 2 aromatic rings. The number of rotatable bonds is 3. The summed E-state index contributed by atoms with van der Waals surface area (Å²) in [6, 6.07) is 13.0. The van der Waals surface area contributed by atoms with Crippen LogP contribution in [0.5, 0.6) is 0 Å². The Morgan fingerprint density at radius 3 is 2.48 bits per heavy atom. The zero-order chi connectivity index (χ0) is 18.0. The van der Waals surface area contributed by atoms with Gasteiger partial charge in [0, 0.05) is 10.6 Å². The largest absolute Gasteiger partial charge is 0.388 e. The SMILES string of the molecule is C#Cc1ccc(Cc2cc([C@@H]3OC[C@@H](O)[C@H](O)[C@H]3O)ccc2Cl)cc1. The maximum Gasteiger partial charge on any atom is 0.113 e. The number of ether oxygens (including phenoxy) is 1. The Labute approximate surface area is 151 Å². The summed E-state index contributed by atoms with van der Waals surface area (Å²) in [7, 11) is 0. The minimum atomic E-state index is -1.24. The second-order valence-electron chi connectivity index (χ2n) is 6.17. The van der Waals surface area contributed by atoms with Crippen molar-refractivity contribution < 1.29 is 20.1 Å². The topological polar surface area (TPSA) is 69.9 Å². The smallest absolute Gasteiger partial charge is 0.113 e. The van der Waals surface area contributed by atoms with E-state index in [-0.39, 0.29) is 6.61 Å². The fourth-order valence-corrected chi connectivity index (χ4v) is 3.13. The van der Waals surface area contributed by atoms with E-state index < -0.39 is 24.4 Å². The van der Waals surface area contributed by atoms with Crippen molar-refractivity contribution in [1.82, 2.24) is 0 Å². The molecule has 5 heteroatoms. The van der Waals surface area contributed by atoms with E-state index >= 15 is 0 Å². The lowest BCUT2D eigenvalue weighted by molar-refractivity contribution is -0.189. The first kappa shape index (κ1) is 17.9. The summed E-state index contributed by atoms with van der Waals surface area (Å²) >= 11 is 6.31. The van der Waals surface area contributed by atoms with Crippen LogP contribution in [0.2, 0.25) is 5.02 Å². The standard InChI is InChI=1S/C20H19ClO4/c1-2-12-3-5-13(6-4-12)9-15-10-14(7-8-16(15)21)20-19(24)18(23)17(22)11-25-20/h1,3-8,10,17-20,22-24H,9,11H2/t17-,18+,19-,20+/m1/s1. The van der Waals surface area contributed by atoms with Crippen LogP contribution in [0.4, 0.5) is 0 Å². The summed E-state index contributed by atoms with van der Waals surface area (Å²) in [5.41, 5.74) is 3.45. The molecule has 0 radical (unpaired) electrons. The van der Waals surface area contributed by atoms with Crippen molar-refractivity contribution in [2.45, 2.75) is 30.8 Å². The van der Waals surface area contributed by atoms with Crippen LogP contribution in [-0.2, 0) is 11.2 Å². The highest BCUT2D eigenvalue weighted by molar-refractivity contribution is 6.31. The highest BCUT2D eigenvalue weighted by Gasteiger charge is 2.38. The Morgan fingerprint density at radius 1 is 1.08 bits per heavy atom. The van der Waals surface area contributed by atoms with Crippen LogP contribution in [0.3, 0.4) is 0 Å². The molecule has 25 heavy (non-hydrogen) atoms. The van der Waals surface area contributed by atoms with Gasteiger partial charge in [0.2, 0.25) is 0 Å². The Morgan fingerprint density at radius 2 is 1.80 bits per heavy atom.